The van der Waals surface area contributed by atoms with Gasteiger partial charge in [0.05, 0.1) is 19.8 Å². The second-order valence-corrected chi connectivity index (χ2v) is 4.31. The van der Waals surface area contributed by atoms with Crippen LogP contribution in [0.5, 0.6) is 0 Å². The number of carbonyl (C=O) groups is 1. The van der Waals surface area contributed by atoms with Crippen molar-refractivity contribution in [2.24, 2.45) is 5.73 Å². The van der Waals surface area contributed by atoms with E-state index in [2.05, 4.69) is 17.1 Å². The third kappa shape index (κ3) is 4.08. The van der Waals surface area contributed by atoms with Crippen LogP contribution >= 0.6 is 0 Å². The second-order valence-electron chi connectivity index (χ2n) is 4.31. The van der Waals surface area contributed by atoms with Crippen molar-refractivity contribution in [1.29, 1.82) is 0 Å². The van der Waals surface area contributed by atoms with Crippen LogP contribution in [-0.4, -0.2) is 55.7 Å². The first kappa shape index (κ1) is 13.4. The van der Waals surface area contributed by atoms with Gasteiger partial charge in [-0.05, 0) is 13.3 Å². The molecule has 0 bridgehead atoms. The standard InChI is InChI=1S/C11H23N3O2/c1-3-9(2)13-11(15)7-14-4-5-16-8-10(14)6-12/h9-10H,3-8,12H2,1-2H3,(H,13,15). The first-order valence-corrected chi connectivity index (χ1v) is 5.98. The molecule has 1 fully saturated rings. The van der Waals surface area contributed by atoms with Crippen molar-refractivity contribution in [3.63, 3.8) is 0 Å². The van der Waals surface area contributed by atoms with Gasteiger partial charge < -0.3 is 15.8 Å². The molecule has 0 radical (unpaired) electrons. The van der Waals surface area contributed by atoms with Gasteiger partial charge in [-0.25, -0.2) is 0 Å². The molecule has 94 valence electrons. The molecule has 0 aliphatic carbocycles. The average molecular weight is 229 g/mol. The number of nitrogens with zero attached hydrogens (tertiary/aromatic N) is 1. The highest BCUT2D eigenvalue weighted by Gasteiger charge is 2.23. The lowest BCUT2D eigenvalue weighted by Crippen LogP contribution is -2.53. The number of nitrogens with two attached hydrogens (primary N) is 1. The zero-order chi connectivity index (χ0) is 12.0. The van der Waals surface area contributed by atoms with E-state index in [9.17, 15) is 4.79 Å². The minimum Gasteiger partial charge on any atom is -0.378 e. The van der Waals surface area contributed by atoms with Crippen LogP contribution in [0.1, 0.15) is 20.3 Å². The summed E-state index contributed by atoms with van der Waals surface area (Å²) in [4.78, 5) is 13.8. The number of nitrogens with one attached hydrogen (secondary N) is 1. The van der Waals surface area contributed by atoms with Crippen molar-refractivity contribution in [2.45, 2.75) is 32.4 Å². The number of hydrogen-bond donors (Lipinski definition) is 2. The third-order valence-corrected chi connectivity index (χ3v) is 2.99. The summed E-state index contributed by atoms with van der Waals surface area (Å²) >= 11 is 0. The summed E-state index contributed by atoms with van der Waals surface area (Å²) in [6.07, 6.45) is 0.954. The fraction of sp³-hybridized carbons (Fsp3) is 0.909. The molecule has 5 heteroatoms. The largest absolute Gasteiger partial charge is 0.378 e. The van der Waals surface area contributed by atoms with Gasteiger partial charge in [0.15, 0.2) is 0 Å². The normalized spacial score (nSPS) is 24.1. The van der Waals surface area contributed by atoms with Crippen molar-refractivity contribution in [1.82, 2.24) is 10.2 Å². The van der Waals surface area contributed by atoms with Crippen LogP contribution in [0.4, 0.5) is 0 Å². The molecule has 0 aromatic carbocycles. The van der Waals surface area contributed by atoms with Crippen molar-refractivity contribution >= 4 is 5.91 Å². The fourth-order valence-corrected chi connectivity index (χ4v) is 1.72. The summed E-state index contributed by atoms with van der Waals surface area (Å²) < 4.78 is 5.33. The Balaban J connectivity index is 2.36. The third-order valence-electron chi connectivity index (χ3n) is 2.99. The molecule has 2 atom stereocenters. The van der Waals surface area contributed by atoms with E-state index in [0.717, 1.165) is 13.0 Å². The van der Waals surface area contributed by atoms with Gasteiger partial charge in [-0.15, -0.1) is 0 Å². The van der Waals surface area contributed by atoms with Crippen LogP contribution in [-0.2, 0) is 9.53 Å². The maximum Gasteiger partial charge on any atom is 0.234 e. The summed E-state index contributed by atoms with van der Waals surface area (Å²) in [5.41, 5.74) is 5.64. The monoisotopic (exact) mass is 229 g/mol. The van der Waals surface area contributed by atoms with E-state index >= 15 is 0 Å². The van der Waals surface area contributed by atoms with Gasteiger partial charge in [0.1, 0.15) is 0 Å². The maximum atomic E-state index is 11.7. The Kier molecular flexibility index (Phi) is 5.73. The van der Waals surface area contributed by atoms with Crippen LogP contribution in [0.15, 0.2) is 0 Å². The number of ether oxygens (including phenoxy) is 1. The summed E-state index contributed by atoms with van der Waals surface area (Å²) in [5, 5.41) is 2.96. The SMILES string of the molecule is CCC(C)NC(=O)CN1CCOCC1CN. The average Bonchev–Trinajstić information content (AvgIpc) is 2.29. The molecule has 1 aliphatic heterocycles. The minimum absolute atomic E-state index is 0.0784. The molecule has 0 saturated carbocycles. The van der Waals surface area contributed by atoms with Crippen molar-refractivity contribution in [3.8, 4) is 0 Å². The van der Waals surface area contributed by atoms with E-state index in [1.54, 1.807) is 0 Å². The highest BCUT2D eigenvalue weighted by molar-refractivity contribution is 5.78. The summed E-state index contributed by atoms with van der Waals surface area (Å²) in [5.74, 6) is 0.0784. The van der Waals surface area contributed by atoms with Gasteiger partial charge in [-0.2, -0.15) is 0 Å². The van der Waals surface area contributed by atoms with Crippen LogP contribution in [0.2, 0.25) is 0 Å². The molecule has 1 amide bonds. The van der Waals surface area contributed by atoms with Crippen molar-refractivity contribution in [3.05, 3.63) is 0 Å². The van der Waals surface area contributed by atoms with E-state index in [0.29, 0.717) is 26.3 Å². The molecule has 2 unspecified atom stereocenters. The second kappa shape index (κ2) is 6.83. The van der Waals surface area contributed by atoms with Gasteiger partial charge in [0, 0.05) is 25.2 Å². The van der Waals surface area contributed by atoms with Crippen molar-refractivity contribution < 1.29 is 9.53 Å². The Morgan fingerprint density at radius 2 is 2.44 bits per heavy atom. The van der Waals surface area contributed by atoms with E-state index in [-0.39, 0.29) is 18.0 Å². The fourth-order valence-electron chi connectivity index (χ4n) is 1.72. The molecule has 1 rings (SSSR count). The molecule has 1 aliphatic rings. The smallest absolute Gasteiger partial charge is 0.234 e. The zero-order valence-electron chi connectivity index (χ0n) is 10.2. The highest BCUT2D eigenvalue weighted by atomic mass is 16.5. The summed E-state index contributed by atoms with van der Waals surface area (Å²) in [7, 11) is 0. The lowest BCUT2D eigenvalue weighted by atomic mass is 10.2. The molecule has 5 nitrogen and oxygen atoms in total. The quantitative estimate of drug-likeness (QED) is 0.671. The number of hydrogen-bond acceptors (Lipinski definition) is 4. The lowest BCUT2D eigenvalue weighted by molar-refractivity contribution is -0.125. The predicted octanol–water partition coefficient (Wildman–Crippen LogP) is -0.439. The number of amides is 1. The summed E-state index contributed by atoms with van der Waals surface area (Å²) in [6, 6.07) is 0.418. The maximum absolute atomic E-state index is 11.7. The molecule has 0 spiro atoms. The molecule has 16 heavy (non-hydrogen) atoms. The topological polar surface area (TPSA) is 67.6 Å². The molecular weight excluding hydrogens is 206 g/mol. The molecule has 0 aromatic heterocycles. The molecule has 1 heterocycles. The minimum atomic E-state index is 0.0784. The van der Waals surface area contributed by atoms with E-state index in [1.807, 2.05) is 6.92 Å². The first-order chi connectivity index (χ1) is 7.67. The molecular formula is C11H23N3O2. The van der Waals surface area contributed by atoms with E-state index < -0.39 is 0 Å². The predicted molar refractivity (Wildman–Crippen MR) is 63.1 cm³/mol. The number of carbonyl (C=O) groups excluding carboxylic acids is 1. The molecule has 0 aromatic rings. The van der Waals surface area contributed by atoms with Gasteiger partial charge in [-0.1, -0.05) is 6.92 Å². The van der Waals surface area contributed by atoms with E-state index in [4.69, 9.17) is 10.5 Å². The molecule has 1 saturated heterocycles. The van der Waals surface area contributed by atoms with Gasteiger partial charge in [0.25, 0.3) is 0 Å². The van der Waals surface area contributed by atoms with Crippen molar-refractivity contribution in [2.75, 3.05) is 32.8 Å². The summed E-state index contributed by atoms with van der Waals surface area (Å²) in [6.45, 7) is 7.14. The van der Waals surface area contributed by atoms with Crippen LogP contribution in [0.25, 0.3) is 0 Å². The Labute approximate surface area is 97.3 Å². The Bertz CT molecular complexity index is 223. The zero-order valence-corrected chi connectivity index (χ0v) is 10.2. The number of rotatable bonds is 5. The first-order valence-electron chi connectivity index (χ1n) is 5.98. The highest BCUT2D eigenvalue weighted by Crippen LogP contribution is 2.05. The van der Waals surface area contributed by atoms with Gasteiger partial charge in [0.2, 0.25) is 5.91 Å². The Morgan fingerprint density at radius 3 is 3.06 bits per heavy atom. The van der Waals surface area contributed by atoms with Gasteiger partial charge >= 0.3 is 0 Å². The Hall–Kier alpha value is -0.650. The number of morpholine rings is 1. The van der Waals surface area contributed by atoms with Crippen LogP contribution < -0.4 is 11.1 Å². The lowest BCUT2D eigenvalue weighted by Gasteiger charge is -2.34. The Morgan fingerprint density at radius 1 is 1.69 bits per heavy atom. The van der Waals surface area contributed by atoms with Crippen LogP contribution in [0, 0.1) is 0 Å². The van der Waals surface area contributed by atoms with Gasteiger partial charge in [-0.3, -0.25) is 9.69 Å². The molecule has 3 N–H and O–H groups in total. The van der Waals surface area contributed by atoms with Crippen LogP contribution in [0.3, 0.4) is 0 Å². The van der Waals surface area contributed by atoms with E-state index in [1.165, 1.54) is 0 Å².